The molecule has 1 heterocycles. The number of hydrogen-bond donors (Lipinski definition) is 3. The third-order valence-electron chi connectivity index (χ3n) is 5.20. The molecule has 1 fully saturated rings. The maximum Gasteiger partial charge on any atom is 0.246 e. The van der Waals surface area contributed by atoms with Crippen molar-refractivity contribution in [2.75, 3.05) is 38.0 Å². The standard InChI is InChI=1S/C24H30FN5O2.HI/c1-2-26-24(28-16-22(31)29-21-10-6-9-20(25)14-21)27-15-19-13-23(32)30(17-19)12-11-18-7-4-3-5-8-18;/h3-10,14,19H,2,11-13,15-17H2,1H3,(H,29,31)(H2,26,27,28);1H. The molecule has 1 aliphatic heterocycles. The van der Waals surface area contributed by atoms with Crippen molar-refractivity contribution in [3.05, 3.63) is 66.0 Å². The fraction of sp³-hybridized carbons (Fsp3) is 0.375. The van der Waals surface area contributed by atoms with E-state index in [9.17, 15) is 14.0 Å². The highest BCUT2D eigenvalue weighted by Gasteiger charge is 2.29. The summed E-state index contributed by atoms with van der Waals surface area (Å²) in [7, 11) is 0. The van der Waals surface area contributed by atoms with Crippen LogP contribution >= 0.6 is 24.0 Å². The molecule has 3 N–H and O–H groups in total. The van der Waals surface area contributed by atoms with Crippen molar-refractivity contribution in [2.45, 2.75) is 19.8 Å². The summed E-state index contributed by atoms with van der Waals surface area (Å²) >= 11 is 0. The van der Waals surface area contributed by atoms with Gasteiger partial charge in [-0.05, 0) is 37.1 Å². The number of halogens is 2. The van der Waals surface area contributed by atoms with Gasteiger partial charge in [0.25, 0.3) is 0 Å². The summed E-state index contributed by atoms with van der Waals surface area (Å²) in [4.78, 5) is 30.7. The highest BCUT2D eigenvalue weighted by Crippen LogP contribution is 2.17. The molecule has 7 nitrogen and oxygen atoms in total. The fourth-order valence-electron chi connectivity index (χ4n) is 3.62. The van der Waals surface area contributed by atoms with E-state index in [1.807, 2.05) is 30.0 Å². The Morgan fingerprint density at radius 3 is 2.67 bits per heavy atom. The predicted molar refractivity (Wildman–Crippen MR) is 139 cm³/mol. The van der Waals surface area contributed by atoms with Crippen molar-refractivity contribution in [1.82, 2.24) is 15.5 Å². The van der Waals surface area contributed by atoms with Gasteiger partial charge in [0.05, 0.1) is 0 Å². The summed E-state index contributed by atoms with van der Waals surface area (Å²) < 4.78 is 13.2. The second-order valence-corrected chi connectivity index (χ2v) is 7.78. The molecule has 0 bridgehead atoms. The van der Waals surface area contributed by atoms with Crippen LogP contribution in [0.5, 0.6) is 0 Å². The van der Waals surface area contributed by atoms with E-state index >= 15 is 0 Å². The lowest BCUT2D eigenvalue weighted by molar-refractivity contribution is -0.127. The quantitative estimate of drug-likeness (QED) is 0.247. The van der Waals surface area contributed by atoms with Crippen LogP contribution in [0.25, 0.3) is 0 Å². The van der Waals surface area contributed by atoms with Crippen LogP contribution in [0.2, 0.25) is 0 Å². The first kappa shape index (κ1) is 26.6. The molecule has 0 saturated carbocycles. The van der Waals surface area contributed by atoms with E-state index in [4.69, 9.17) is 0 Å². The van der Waals surface area contributed by atoms with Crippen LogP contribution in [0.1, 0.15) is 18.9 Å². The number of amides is 2. The lowest BCUT2D eigenvalue weighted by Crippen LogP contribution is -2.41. The lowest BCUT2D eigenvalue weighted by atomic mass is 10.1. The molecule has 33 heavy (non-hydrogen) atoms. The van der Waals surface area contributed by atoms with Crippen LogP contribution in [0, 0.1) is 11.7 Å². The van der Waals surface area contributed by atoms with Crippen LogP contribution in [-0.2, 0) is 16.0 Å². The van der Waals surface area contributed by atoms with Crippen molar-refractivity contribution in [1.29, 1.82) is 0 Å². The monoisotopic (exact) mass is 567 g/mol. The number of likely N-dealkylation sites (tertiary alicyclic amines) is 1. The number of carbonyl (C=O) groups excluding carboxylic acids is 2. The van der Waals surface area contributed by atoms with Crippen molar-refractivity contribution in [2.24, 2.45) is 10.9 Å². The second kappa shape index (κ2) is 13.8. The van der Waals surface area contributed by atoms with Crippen LogP contribution in [0.4, 0.5) is 10.1 Å². The third kappa shape index (κ3) is 8.99. The largest absolute Gasteiger partial charge is 0.357 e. The molecular weight excluding hydrogens is 536 g/mol. The average Bonchev–Trinajstić information content (AvgIpc) is 3.14. The molecule has 0 aliphatic carbocycles. The number of aliphatic imine (C=N–C) groups is 1. The average molecular weight is 567 g/mol. The number of carbonyl (C=O) groups is 2. The number of nitrogens with one attached hydrogen (secondary N) is 3. The first-order valence-corrected chi connectivity index (χ1v) is 10.9. The van der Waals surface area contributed by atoms with E-state index in [1.165, 1.54) is 23.8 Å². The molecule has 0 aromatic heterocycles. The predicted octanol–water partition coefficient (Wildman–Crippen LogP) is 3.03. The van der Waals surface area contributed by atoms with E-state index < -0.39 is 5.82 Å². The van der Waals surface area contributed by atoms with Gasteiger partial charge in [0.15, 0.2) is 5.96 Å². The lowest BCUT2D eigenvalue weighted by Gasteiger charge is -2.18. The van der Waals surface area contributed by atoms with Crippen LogP contribution in [-0.4, -0.2) is 55.4 Å². The van der Waals surface area contributed by atoms with Crippen molar-refractivity contribution in [3.63, 3.8) is 0 Å². The zero-order valence-corrected chi connectivity index (χ0v) is 21.1. The Hall–Kier alpha value is -2.69. The summed E-state index contributed by atoms with van der Waals surface area (Å²) in [5, 5.41) is 8.95. The number of hydrogen-bond acceptors (Lipinski definition) is 3. The number of rotatable bonds is 9. The Morgan fingerprint density at radius 2 is 1.94 bits per heavy atom. The molecule has 0 spiro atoms. The van der Waals surface area contributed by atoms with E-state index in [2.05, 4.69) is 33.1 Å². The van der Waals surface area contributed by atoms with Gasteiger partial charge in [-0.25, -0.2) is 9.38 Å². The Bertz CT molecular complexity index is 941. The van der Waals surface area contributed by atoms with Gasteiger partial charge in [-0.1, -0.05) is 36.4 Å². The van der Waals surface area contributed by atoms with Crippen LogP contribution in [0.3, 0.4) is 0 Å². The zero-order chi connectivity index (χ0) is 22.8. The SMILES string of the molecule is CCNC(=NCC(=O)Nc1cccc(F)c1)NCC1CC(=O)N(CCc2ccccc2)C1.I. The Morgan fingerprint density at radius 1 is 1.15 bits per heavy atom. The molecule has 2 amide bonds. The number of nitrogens with zero attached hydrogens (tertiary/aromatic N) is 2. The Balaban J connectivity index is 0.00000385. The third-order valence-corrected chi connectivity index (χ3v) is 5.20. The molecule has 2 aromatic rings. The van der Waals surface area contributed by atoms with Gasteiger partial charge in [-0.15, -0.1) is 24.0 Å². The van der Waals surface area contributed by atoms with Crippen molar-refractivity contribution < 1.29 is 14.0 Å². The maximum atomic E-state index is 13.2. The van der Waals surface area contributed by atoms with E-state index in [-0.39, 0.29) is 48.3 Å². The highest BCUT2D eigenvalue weighted by atomic mass is 127. The van der Waals surface area contributed by atoms with E-state index in [1.54, 1.807) is 6.07 Å². The minimum atomic E-state index is -0.412. The van der Waals surface area contributed by atoms with Gasteiger partial charge in [0.2, 0.25) is 11.8 Å². The first-order valence-electron chi connectivity index (χ1n) is 10.9. The first-order chi connectivity index (χ1) is 15.5. The topological polar surface area (TPSA) is 85.8 Å². The van der Waals surface area contributed by atoms with Crippen molar-refractivity contribution in [3.8, 4) is 0 Å². The summed E-state index contributed by atoms with van der Waals surface area (Å²) in [6.45, 7) is 4.49. The maximum absolute atomic E-state index is 13.2. The molecule has 1 unspecified atom stereocenters. The molecule has 1 saturated heterocycles. The second-order valence-electron chi connectivity index (χ2n) is 7.78. The number of guanidine groups is 1. The van der Waals surface area contributed by atoms with E-state index in [0.29, 0.717) is 44.2 Å². The van der Waals surface area contributed by atoms with Gasteiger partial charge in [-0.2, -0.15) is 0 Å². The molecule has 1 atom stereocenters. The summed E-state index contributed by atoms with van der Waals surface area (Å²) in [5.41, 5.74) is 1.61. The highest BCUT2D eigenvalue weighted by molar-refractivity contribution is 14.0. The molecule has 3 rings (SSSR count). The minimum Gasteiger partial charge on any atom is -0.357 e. The fourth-order valence-corrected chi connectivity index (χ4v) is 3.62. The Labute approximate surface area is 211 Å². The molecule has 2 aromatic carbocycles. The van der Waals surface area contributed by atoms with Crippen molar-refractivity contribution >= 4 is 47.4 Å². The number of benzene rings is 2. The molecule has 1 aliphatic rings. The van der Waals surface area contributed by atoms with E-state index in [0.717, 1.165) is 6.42 Å². The molecule has 178 valence electrons. The molecule has 9 heteroatoms. The molecular formula is C24H31FIN5O2. The number of anilines is 1. The van der Waals surface area contributed by atoms with Gasteiger partial charge in [-0.3, -0.25) is 9.59 Å². The van der Waals surface area contributed by atoms with Gasteiger partial charge >= 0.3 is 0 Å². The van der Waals surface area contributed by atoms with Gasteiger partial charge in [0, 0.05) is 44.2 Å². The zero-order valence-electron chi connectivity index (χ0n) is 18.7. The van der Waals surface area contributed by atoms with Gasteiger partial charge < -0.3 is 20.9 Å². The van der Waals surface area contributed by atoms with Crippen LogP contribution in [0.15, 0.2) is 59.6 Å². The normalized spacial score (nSPS) is 15.7. The minimum absolute atomic E-state index is 0. The smallest absolute Gasteiger partial charge is 0.246 e. The van der Waals surface area contributed by atoms with Gasteiger partial charge in [0.1, 0.15) is 12.4 Å². The Kier molecular flexibility index (Phi) is 11.1. The van der Waals surface area contributed by atoms with Crippen LogP contribution < -0.4 is 16.0 Å². The molecule has 0 radical (unpaired) electrons. The summed E-state index contributed by atoms with van der Waals surface area (Å²) in [6.07, 6.45) is 1.35. The summed E-state index contributed by atoms with van der Waals surface area (Å²) in [6, 6.07) is 15.9. The summed E-state index contributed by atoms with van der Waals surface area (Å²) in [5.74, 6) is 0.116.